The van der Waals surface area contributed by atoms with E-state index >= 15 is 0 Å². The fraction of sp³-hybridized carbons (Fsp3) is 0.458. The maximum atomic E-state index is 10.1. The molecule has 0 aliphatic heterocycles. The largest absolute Gasteiger partial charge is 0.388 e. The first-order chi connectivity index (χ1) is 12.9. The van der Waals surface area contributed by atoms with Gasteiger partial charge in [0, 0.05) is 42.7 Å². The Morgan fingerprint density at radius 1 is 1.22 bits per heavy atom. The molecule has 1 aromatic carbocycles. The summed E-state index contributed by atoms with van der Waals surface area (Å²) in [6.45, 7) is 16.9. The molecular weight excluding hydrogens is 330 g/mol. The van der Waals surface area contributed by atoms with Crippen molar-refractivity contribution in [2.24, 2.45) is 5.92 Å². The zero-order valence-electron chi connectivity index (χ0n) is 17.9. The predicted molar refractivity (Wildman–Crippen MR) is 118 cm³/mol. The van der Waals surface area contributed by atoms with Crippen LogP contribution in [-0.4, -0.2) is 25.0 Å². The smallest absolute Gasteiger partial charge is 0.102 e. The van der Waals surface area contributed by atoms with Crippen molar-refractivity contribution in [2.45, 2.75) is 47.5 Å². The van der Waals surface area contributed by atoms with E-state index in [4.69, 9.17) is 0 Å². The van der Waals surface area contributed by atoms with Gasteiger partial charge in [0.25, 0.3) is 0 Å². The van der Waals surface area contributed by atoms with Crippen molar-refractivity contribution in [3.05, 3.63) is 59.3 Å². The summed E-state index contributed by atoms with van der Waals surface area (Å²) in [5, 5.41) is 13.3. The van der Waals surface area contributed by atoms with Gasteiger partial charge in [0.2, 0.25) is 0 Å². The molecule has 146 valence electrons. The highest BCUT2D eigenvalue weighted by atomic mass is 15.1. The minimum Gasteiger partial charge on any atom is -0.388 e. The van der Waals surface area contributed by atoms with Gasteiger partial charge in [-0.15, -0.1) is 0 Å². The maximum Gasteiger partial charge on any atom is 0.102 e. The van der Waals surface area contributed by atoms with Crippen LogP contribution in [0, 0.1) is 17.2 Å². The third-order valence-corrected chi connectivity index (χ3v) is 4.81. The molecule has 0 radical (unpaired) electrons. The van der Waals surface area contributed by atoms with E-state index in [0.717, 1.165) is 48.5 Å². The summed E-state index contributed by atoms with van der Waals surface area (Å²) >= 11 is 0. The Kier molecular flexibility index (Phi) is 9.44. The third kappa shape index (κ3) is 6.03. The lowest BCUT2D eigenvalue weighted by Gasteiger charge is -2.27. The number of benzene rings is 1. The molecule has 3 nitrogen and oxygen atoms in total. The van der Waals surface area contributed by atoms with Crippen LogP contribution in [0.3, 0.4) is 0 Å². The van der Waals surface area contributed by atoms with Gasteiger partial charge < -0.3 is 10.2 Å². The van der Waals surface area contributed by atoms with Crippen LogP contribution in [0.4, 0.5) is 5.69 Å². The van der Waals surface area contributed by atoms with E-state index in [9.17, 15) is 5.26 Å². The van der Waals surface area contributed by atoms with Gasteiger partial charge in [0.05, 0.1) is 5.57 Å². The summed E-state index contributed by atoms with van der Waals surface area (Å²) in [6, 6.07) is 10.6. The highest BCUT2D eigenvalue weighted by Crippen LogP contribution is 2.32. The Morgan fingerprint density at radius 2 is 1.81 bits per heavy atom. The molecule has 1 aromatic rings. The van der Waals surface area contributed by atoms with Gasteiger partial charge in [-0.05, 0) is 31.7 Å². The van der Waals surface area contributed by atoms with Gasteiger partial charge >= 0.3 is 0 Å². The van der Waals surface area contributed by atoms with Crippen molar-refractivity contribution in [1.29, 1.82) is 5.26 Å². The number of nitrogens with zero attached hydrogens (tertiary/aromatic N) is 2. The Labute approximate surface area is 166 Å². The summed E-state index contributed by atoms with van der Waals surface area (Å²) < 4.78 is 0. The maximum absolute atomic E-state index is 10.1. The number of para-hydroxylation sites is 1. The Bertz CT molecular complexity index is 726. The van der Waals surface area contributed by atoms with Gasteiger partial charge in [-0.1, -0.05) is 64.1 Å². The van der Waals surface area contributed by atoms with Crippen LogP contribution < -0.4 is 5.32 Å². The molecule has 3 heteroatoms. The van der Waals surface area contributed by atoms with Crippen molar-refractivity contribution in [1.82, 2.24) is 4.90 Å². The van der Waals surface area contributed by atoms with E-state index in [-0.39, 0.29) is 0 Å². The SMILES string of the molecule is C=C(/C(C#N)=C(\C=C(/C)C(C)C)c1ccccc1NC)N(CCC)CCC. The van der Waals surface area contributed by atoms with Crippen molar-refractivity contribution in [2.75, 3.05) is 25.5 Å². The van der Waals surface area contributed by atoms with E-state index in [2.05, 4.69) is 69.6 Å². The summed E-state index contributed by atoms with van der Waals surface area (Å²) in [7, 11) is 1.91. The molecule has 0 unspecified atom stereocenters. The summed E-state index contributed by atoms with van der Waals surface area (Å²) in [6.07, 6.45) is 4.21. The van der Waals surface area contributed by atoms with Crippen LogP contribution in [0.5, 0.6) is 0 Å². The summed E-state index contributed by atoms with van der Waals surface area (Å²) in [5.74, 6) is 0.414. The standard InChI is InChI=1S/C24H35N3/c1-8-14-27(15-9-2)20(6)23(17-25)22(16-19(5)18(3)4)21-12-10-11-13-24(21)26-7/h10-13,16,18,26H,6,8-9,14-15H2,1-5,7H3/b19-16+,23-22+. The second-order valence-corrected chi connectivity index (χ2v) is 7.17. The van der Waals surface area contributed by atoms with E-state index < -0.39 is 0 Å². The van der Waals surface area contributed by atoms with Crippen molar-refractivity contribution >= 4 is 11.3 Å². The highest BCUT2D eigenvalue weighted by Gasteiger charge is 2.18. The lowest BCUT2D eigenvalue weighted by Crippen LogP contribution is -2.25. The fourth-order valence-electron chi connectivity index (χ4n) is 2.97. The molecule has 0 heterocycles. The molecular formula is C24H35N3. The topological polar surface area (TPSA) is 39.1 Å². The zero-order chi connectivity index (χ0) is 20.4. The molecule has 0 amide bonds. The average molecular weight is 366 g/mol. The van der Waals surface area contributed by atoms with Gasteiger partial charge in [0.15, 0.2) is 0 Å². The second kappa shape index (κ2) is 11.3. The first-order valence-corrected chi connectivity index (χ1v) is 9.95. The van der Waals surface area contributed by atoms with E-state index in [1.807, 2.05) is 25.2 Å². The Morgan fingerprint density at radius 3 is 2.30 bits per heavy atom. The number of hydrogen-bond acceptors (Lipinski definition) is 3. The van der Waals surface area contributed by atoms with Crippen molar-refractivity contribution < 1.29 is 0 Å². The lowest BCUT2D eigenvalue weighted by atomic mass is 9.92. The second-order valence-electron chi connectivity index (χ2n) is 7.17. The molecule has 0 aliphatic carbocycles. The van der Waals surface area contributed by atoms with Crippen molar-refractivity contribution in [3.63, 3.8) is 0 Å². The average Bonchev–Trinajstić information content (AvgIpc) is 2.67. The number of nitrogens with one attached hydrogen (secondary N) is 1. The summed E-state index contributed by atoms with van der Waals surface area (Å²) in [5.41, 5.74) is 5.70. The Hall–Kier alpha value is -2.47. The molecule has 0 aliphatic rings. The molecule has 0 saturated carbocycles. The molecule has 0 atom stereocenters. The van der Waals surface area contributed by atoms with Crippen LogP contribution in [0.1, 0.15) is 53.0 Å². The molecule has 0 spiro atoms. The number of nitriles is 1. The molecule has 0 bridgehead atoms. The molecule has 1 rings (SSSR count). The van der Waals surface area contributed by atoms with Gasteiger partial charge in [-0.25, -0.2) is 0 Å². The quantitative estimate of drug-likeness (QED) is 0.394. The molecule has 0 fully saturated rings. The van der Waals surface area contributed by atoms with Crippen LogP contribution in [0.15, 0.2) is 53.8 Å². The van der Waals surface area contributed by atoms with Crippen LogP contribution >= 0.6 is 0 Å². The van der Waals surface area contributed by atoms with Crippen LogP contribution in [0.2, 0.25) is 0 Å². The van der Waals surface area contributed by atoms with Crippen LogP contribution in [0.25, 0.3) is 5.57 Å². The van der Waals surface area contributed by atoms with E-state index in [1.165, 1.54) is 5.57 Å². The Balaban J connectivity index is 3.68. The molecule has 0 saturated heterocycles. The van der Waals surface area contributed by atoms with Gasteiger partial charge in [-0.2, -0.15) is 5.26 Å². The highest BCUT2D eigenvalue weighted by molar-refractivity contribution is 5.88. The van der Waals surface area contributed by atoms with E-state index in [1.54, 1.807) is 0 Å². The van der Waals surface area contributed by atoms with Gasteiger partial charge in [-0.3, -0.25) is 0 Å². The normalized spacial score (nSPS) is 12.4. The molecule has 1 N–H and O–H groups in total. The van der Waals surface area contributed by atoms with Crippen LogP contribution in [-0.2, 0) is 0 Å². The van der Waals surface area contributed by atoms with E-state index in [0.29, 0.717) is 11.5 Å². The molecule has 27 heavy (non-hydrogen) atoms. The fourth-order valence-corrected chi connectivity index (χ4v) is 2.97. The number of anilines is 1. The first-order valence-electron chi connectivity index (χ1n) is 9.95. The minimum atomic E-state index is 0.414. The van der Waals surface area contributed by atoms with Gasteiger partial charge in [0.1, 0.15) is 6.07 Å². The number of rotatable bonds is 10. The third-order valence-electron chi connectivity index (χ3n) is 4.81. The zero-order valence-corrected chi connectivity index (χ0v) is 17.9. The monoisotopic (exact) mass is 365 g/mol. The lowest BCUT2D eigenvalue weighted by molar-refractivity contribution is 0.353. The number of allylic oxidation sites excluding steroid dienone is 4. The summed E-state index contributed by atoms with van der Waals surface area (Å²) in [4.78, 5) is 2.24. The van der Waals surface area contributed by atoms with Crippen molar-refractivity contribution in [3.8, 4) is 6.07 Å². The molecule has 0 aromatic heterocycles. The first kappa shape index (κ1) is 22.6. The minimum absolute atomic E-state index is 0.414. The predicted octanol–water partition coefficient (Wildman–Crippen LogP) is 6.24. The number of hydrogen-bond donors (Lipinski definition) is 1.